The van der Waals surface area contributed by atoms with Crippen LogP contribution in [0.15, 0.2) is 41.6 Å². The lowest BCUT2D eigenvalue weighted by Gasteiger charge is -2.14. The van der Waals surface area contributed by atoms with Crippen LogP contribution in [-0.2, 0) is 14.6 Å². The zero-order chi connectivity index (χ0) is 16.6. The number of hydrogen-bond acceptors (Lipinski definition) is 4. The number of rotatable bonds is 4. The first-order chi connectivity index (χ1) is 10.9. The molecule has 1 heterocycles. The van der Waals surface area contributed by atoms with Gasteiger partial charge in [-0.15, -0.1) is 0 Å². The van der Waals surface area contributed by atoms with Gasteiger partial charge in [-0.2, -0.15) is 5.10 Å². The van der Waals surface area contributed by atoms with E-state index in [1.54, 1.807) is 35.3 Å². The number of aliphatic carboxylic acids is 1. The minimum Gasteiger partial charge on any atom is -0.481 e. The van der Waals surface area contributed by atoms with E-state index in [0.717, 1.165) is 0 Å². The minimum absolute atomic E-state index is 0.0473. The summed E-state index contributed by atoms with van der Waals surface area (Å²) in [5.74, 6) is -1.54. The first-order valence-corrected chi connectivity index (χ1v) is 9.08. The topological polar surface area (TPSA) is 89.3 Å². The van der Waals surface area contributed by atoms with Gasteiger partial charge in [0, 0.05) is 12.4 Å². The molecule has 0 aliphatic heterocycles. The molecule has 1 saturated carbocycles. The molecule has 0 bridgehead atoms. The molecule has 0 radical (unpaired) electrons. The molecule has 8 heteroatoms. The highest BCUT2D eigenvalue weighted by Gasteiger charge is 2.39. The van der Waals surface area contributed by atoms with Crippen molar-refractivity contribution in [3.8, 4) is 5.69 Å². The van der Waals surface area contributed by atoms with Crippen LogP contribution in [0.4, 0.5) is 0 Å². The standard InChI is InChI=1S/C15H15ClN2O4S/c16-13-9-11(18-7-1-6-17-18)3-5-14(13)23(21,22)12-4-2-10(8-12)15(19)20/h1,3,5-7,9-10,12H,2,4,8H2,(H,19,20)/t10-,12+/m0/s1. The Balaban J connectivity index is 1.90. The van der Waals surface area contributed by atoms with Crippen LogP contribution in [-0.4, -0.2) is 34.5 Å². The lowest BCUT2D eigenvalue weighted by Crippen LogP contribution is -2.20. The molecular formula is C15H15ClN2O4S. The van der Waals surface area contributed by atoms with Crippen molar-refractivity contribution in [2.24, 2.45) is 5.92 Å². The molecular weight excluding hydrogens is 340 g/mol. The van der Waals surface area contributed by atoms with Crippen molar-refractivity contribution < 1.29 is 18.3 Å². The van der Waals surface area contributed by atoms with E-state index in [2.05, 4.69) is 5.10 Å². The maximum atomic E-state index is 12.7. The third-order valence-electron chi connectivity index (χ3n) is 4.16. The van der Waals surface area contributed by atoms with Gasteiger partial charge in [0.2, 0.25) is 0 Å². The van der Waals surface area contributed by atoms with Crippen LogP contribution < -0.4 is 0 Å². The Hall–Kier alpha value is -1.86. The molecule has 122 valence electrons. The smallest absolute Gasteiger partial charge is 0.306 e. The zero-order valence-electron chi connectivity index (χ0n) is 12.1. The molecule has 1 N–H and O–H groups in total. The molecule has 6 nitrogen and oxygen atoms in total. The van der Waals surface area contributed by atoms with Crippen LogP contribution in [0.25, 0.3) is 5.69 Å². The molecule has 2 aromatic rings. The average molecular weight is 355 g/mol. The molecule has 1 fully saturated rings. The fraction of sp³-hybridized carbons (Fsp3) is 0.333. The lowest BCUT2D eigenvalue weighted by atomic mass is 10.1. The molecule has 0 saturated heterocycles. The number of nitrogens with zero attached hydrogens (tertiary/aromatic N) is 2. The van der Waals surface area contributed by atoms with E-state index in [1.807, 2.05) is 0 Å². The predicted octanol–water partition coefficient (Wildman–Crippen LogP) is 2.55. The first kappa shape index (κ1) is 16.0. The molecule has 3 rings (SSSR count). The monoisotopic (exact) mass is 354 g/mol. The lowest BCUT2D eigenvalue weighted by molar-refractivity contribution is -0.141. The summed E-state index contributed by atoms with van der Waals surface area (Å²) in [4.78, 5) is 11.1. The van der Waals surface area contributed by atoms with Gasteiger partial charge in [-0.05, 0) is 43.5 Å². The normalized spacial score (nSPS) is 21.4. The molecule has 0 amide bonds. The van der Waals surface area contributed by atoms with E-state index in [-0.39, 0.29) is 16.3 Å². The summed E-state index contributed by atoms with van der Waals surface area (Å²) in [5.41, 5.74) is 0.661. The Morgan fingerprint density at radius 3 is 2.70 bits per heavy atom. The molecule has 1 aromatic carbocycles. The van der Waals surface area contributed by atoms with Crippen molar-refractivity contribution >= 4 is 27.4 Å². The van der Waals surface area contributed by atoms with E-state index in [4.69, 9.17) is 16.7 Å². The quantitative estimate of drug-likeness (QED) is 0.911. The van der Waals surface area contributed by atoms with Gasteiger partial charge in [0.25, 0.3) is 0 Å². The van der Waals surface area contributed by atoms with Crippen molar-refractivity contribution in [2.75, 3.05) is 0 Å². The summed E-state index contributed by atoms with van der Waals surface area (Å²) in [6.45, 7) is 0. The summed E-state index contributed by atoms with van der Waals surface area (Å²) in [6.07, 6.45) is 4.20. The Kier molecular flexibility index (Phi) is 4.16. The predicted molar refractivity (Wildman–Crippen MR) is 84.5 cm³/mol. The van der Waals surface area contributed by atoms with Crippen molar-refractivity contribution in [3.05, 3.63) is 41.7 Å². The second kappa shape index (κ2) is 5.98. The number of benzene rings is 1. The molecule has 1 aliphatic rings. The van der Waals surface area contributed by atoms with Crippen molar-refractivity contribution in [2.45, 2.75) is 29.4 Å². The highest BCUT2D eigenvalue weighted by atomic mass is 35.5. The molecule has 1 aliphatic carbocycles. The van der Waals surface area contributed by atoms with E-state index in [0.29, 0.717) is 18.5 Å². The van der Waals surface area contributed by atoms with Crippen molar-refractivity contribution in [1.82, 2.24) is 9.78 Å². The second-order valence-corrected chi connectivity index (χ2v) is 8.18. The highest BCUT2D eigenvalue weighted by molar-refractivity contribution is 7.92. The van der Waals surface area contributed by atoms with Crippen LogP contribution in [0.5, 0.6) is 0 Å². The van der Waals surface area contributed by atoms with Gasteiger partial charge >= 0.3 is 5.97 Å². The Morgan fingerprint density at radius 2 is 2.13 bits per heavy atom. The summed E-state index contributed by atoms with van der Waals surface area (Å²) in [5, 5.41) is 12.5. The number of aromatic nitrogens is 2. The Labute approximate surface area is 138 Å². The largest absolute Gasteiger partial charge is 0.481 e. The van der Waals surface area contributed by atoms with Gasteiger partial charge in [0.05, 0.1) is 26.8 Å². The molecule has 0 unspecified atom stereocenters. The summed E-state index contributed by atoms with van der Waals surface area (Å²) >= 11 is 6.17. The molecule has 0 spiro atoms. The highest BCUT2D eigenvalue weighted by Crippen LogP contribution is 2.36. The van der Waals surface area contributed by atoms with Crippen LogP contribution in [0.2, 0.25) is 5.02 Å². The van der Waals surface area contributed by atoms with Crippen LogP contribution in [0.1, 0.15) is 19.3 Å². The Morgan fingerprint density at radius 1 is 1.35 bits per heavy atom. The summed E-state index contributed by atoms with van der Waals surface area (Å²) in [7, 11) is -3.65. The number of halogens is 1. The third-order valence-corrected chi connectivity index (χ3v) is 6.86. The number of sulfone groups is 1. The molecule has 1 aromatic heterocycles. The van der Waals surface area contributed by atoms with E-state index in [1.165, 1.54) is 6.07 Å². The van der Waals surface area contributed by atoms with Crippen LogP contribution >= 0.6 is 11.6 Å². The SMILES string of the molecule is O=C(O)[C@H]1CC[C@@H](S(=O)(=O)c2ccc(-n3cccn3)cc2Cl)C1. The van der Waals surface area contributed by atoms with E-state index in [9.17, 15) is 13.2 Å². The summed E-state index contributed by atoms with van der Waals surface area (Å²) < 4.78 is 27.0. The average Bonchev–Trinajstić information content (AvgIpc) is 3.18. The van der Waals surface area contributed by atoms with Crippen LogP contribution in [0.3, 0.4) is 0 Å². The Bertz CT molecular complexity index is 833. The first-order valence-electron chi connectivity index (χ1n) is 7.16. The molecule has 2 atom stereocenters. The maximum absolute atomic E-state index is 12.7. The fourth-order valence-electron chi connectivity index (χ4n) is 2.91. The maximum Gasteiger partial charge on any atom is 0.306 e. The minimum atomic E-state index is -3.65. The van der Waals surface area contributed by atoms with Crippen molar-refractivity contribution in [3.63, 3.8) is 0 Å². The number of carboxylic acid groups (broad SMARTS) is 1. The number of carboxylic acids is 1. The van der Waals surface area contributed by atoms with Crippen LogP contribution in [0, 0.1) is 5.92 Å². The van der Waals surface area contributed by atoms with Gasteiger partial charge in [0.1, 0.15) is 0 Å². The number of hydrogen-bond donors (Lipinski definition) is 1. The zero-order valence-corrected chi connectivity index (χ0v) is 13.7. The van der Waals surface area contributed by atoms with Gasteiger partial charge < -0.3 is 5.11 Å². The fourth-order valence-corrected chi connectivity index (χ4v) is 5.29. The second-order valence-electron chi connectivity index (χ2n) is 5.58. The van der Waals surface area contributed by atoms with E-state index >= 15 is 0 Å². The van der Waals surface area contributed by atoms with Crippen molar-refractivity contribution in [1.29, 1.82) is 0 Å². The van der Waals surface area contributed by atoms with Gasteiger partial charge in [-0.25, -0.2) is 13.1 Å². The van der Waals surface area contributed by atoms with Gasteiger partial charge in [-0.1, -0.05) is 11.6 Å². The molecule has 23 heavy (non-hydrogen) atoms. The number of carbonyl (C=O) groups is 1. The van der Waals surface area contributed by atoms with Gasteiger partial charge in [-0.3, -0.25) is 4.79 Å². The summed E-state index contributed by atoms with van der Waals surface area (Å²) in [6, 6.07) is 6.40. The van der Waals surface area contributed by atoms with Gasteiger partial charge in [0.15, 0.2) is 9.84 Å². The van der Waals surface area contributed by atoms with E-state index < -0.39 is 27.0 Å². The third kappa shape index (κ3) is 2.98.